The number of carboxylic acid groups (broad SMARTS) is 2. The molecule has 10 atom stereocenters. The molecule has 17 N–H and O–H groups in total. The van der Waals surface area contributed by atoms with Gasteiger partial charge in [0, 0.05) is 53.7 Å². The molecule has 34 nitrogen and oxygen atoms in total. The van der Waals surface area contributed by atoms with E-state index in [1.54, 1.807) is 7.05 Å². The third kappa shape index (κ3) is 26.6. The number of likely N-dealkylation sites (N-methyl/N-ethyl adjacent to an activating group) is 1. The first-order chi connectivity index (χ1) is 40.8. The molecule has 0 aromatic rings. The summed E-state index contributed by atoms with van der Waals surface area (Å²) in [5, 5.41) is 89.6. The van der Waals surface area contributed by atoms with Gasteiger partial charge in [-0.15, -0.1) is 6.42 Å². The minimum Gasteiger partial charge on any atom is -0.479 e. The van der Waals surface area contributed by atoms with Gasteiger partial charge < -0.3 is 126 Å². The van der Waals surface area contributed by atoms with Gasteiger partial charge in [-0.25, -0.2) is 9.59 Å². The topological polar surface area (TPSA) is 481 Å². The van der Waals surface area contributed by atoms with Gasteiger partial charge in [-0.1, -0.05) is 5.92 Å². The zero-order valence-corrected chi connectivity index (χ0v) is 48.2. The van der Waals surface area contributed by atoms with Gasteiger partial charge >= 0.3 is 11.9 Å². The summed E-state index contributed by atoms with van der Waals surface area (Å²) in [6.45, 7) is 3.39. The van der Waals surface area contributed by atoms with E-state index >= 15 is 0 Å². The molecule has 3 amide bonds. The monoisotopic (exact) mass is 1220 g/mol. The number of nitrogens with one attached hydrogen (secondary N) is 7. The highest BCUT2D eigenvalue weighted by molar-refractivity contribution is 5.86. The molecular formula is C51H87N13O21. The molecular weight excluding hydrogens is 1130 g/mol. The van der Waals surface area contributed by atoms with E-state index in [-0.39, 0.29) is 59.2 Å². The maximum Gasteiger partial charge on any atom is 0.370 e. The normalized spacial score (nSPS) is 20.9. The molecule has 0 aliphatic carbocycles. The lowest BCUT2D eigenvalue weighted by Crippen LogP contribution is -2.67. The number of guanidine groups is 3. The summed E-state index contributed by atoms with van der Waals surface area (Å²) in [5.74, 6) is -4.06. The Kier molecular flexibility index (Phi) is 34.6. The van der Waals surface area contributed by atoms with E-state index in [0.717, 1.165) is 12.5 Å². The summed E-state index contributed by atoms with van der Waals surface area (Å²) in [6.07, 6.45) is -0.709. The smallest absolute Gasteiger partial charge is 0.370 e. The number of aliphatic hydroxyl groups is 4. The number of amides is 3. The number of aliphatic imine (C=N–C) groups is 1. The Hall–Kier alpha value is -6.72. The highest BCUT2D eigenvalue weighted by atomic mass is 16.6. The third-order valence-electron chi connectivity index (χ3n) is 12.8. The number of aliphatic hydroxyl groups excluding tert-OH is 4. The van der Waals surface area contributed by atoms with Crippen LogP contribution in [-0.2, 0) is 71.3 Å². The number of rotatable bonds is 43. The molecule has 1 saturated heterocycles. The summed E-state index contributed by atoms with van der Waals surface area (Å²) in [4.78, 5) is 72.5. The third-order valence-corrected chi connectivity index (χ3v) is 12.8. The fourth-order valence-corrected chi connectivity index (χ4v) is 8.87. The standard InChI is InChI=1S/C51H87N13O21/c1-5-14-76-20-22-80-24-25-81-23-21-79-17-11-62(4)51(56-3)64(12-18-77-15-7-57-39(70)30-82-43(35(68)28-65)45-41(59-32(2)67)33(60-49(52)53)26-37(84-45)47(72)73)13-19-78-16-8-58-40(71)31-83-44(36(69)29-66)46-42(63-9-6-10-63)34(61-50(54)55)27-38(85-46)48(74)75/h1,26-27,33-36,41-46,65-66,68-69H,6-25,28-31H2,2-4H3,(H,57,70)(H,58,71)(H,59,67)(H,72,73)(H,74,75)(H4,52,53,60)(H4,54,55,61)/b56-51-/t33-,34-,35+,36+,41+,42+,43+,44+,45+,46+/m0/s1. The Bertz CT molecular complexity index is 2220. The molecule has 1 fully saturated rings. The number of hydrogen-bond donors (Lipinski definition) is 15. The van der Waals surface area contributed by atoms with Gasteiger partial charge in [0.25, 0.3) is 0 Å². The minimum atomic E-state index is -1.73. The van der Waals surface area contributed by atoms with Crippen LogP contribution in [0.1, 0.15) is 13.3 Å². The van der Waals surface area contributed by atoms with E-state index < -0.39 is 140 Å². The van der Waals surface area contributed by atoms with Crippen molar-refractivity contribution in [3.8, 4) is 12.3 Å². The highest BCUT2D eigenvalue weighted by Gasteiger charge is 2.49. The van der Waals surface area contributed by atoms with Gasteiger partial charge in [-0.2, -0.15) is 0 Å². The molecule has 3 aliphatic heterocycles. The van der Waals surface area contributed by atoms with Crippen molar-refractivity contribution >= 4 is 47.5 Å². The number of terminal acetylenes is 1. The number of carbonyl (C=O) groups is 5. The lowest BCUT2D eigenvalue weighted by molar-refractivity contribution is -0.167. The van der Waals surface area contributed by atoms with Crippen LogP contribution in [0, 0.1) is 23.2 Å². The molecule has 85 heavy (non-hydrogen) atoms. The Labute approximate surface area is 492 Å². The van der Waals surface area contributed by atoms with E-state index in [1.807, 2.05) is 21.7 Å². The van der Waals surface area contributed by atoms with Crippen molar-refractivity contribution in [2.24, 2.45) is 16.5 Å². The minimum absolute atomic E-state index is 0.0106. The fourth-order valence-electron chi connectivity index (χ4n) is 8.87. The molecule has 482 valence electrons. The lowest BCUT2D eigenvalue weighted by atomic mass is 9.89. The summed E-state index contributed by atoms with van der Waals surface area (Å²) in [7, 11) is 3.43. The number of carboxylic acids is 2. The lowest BCUT2D eigenvalue weighted by Gasteiger charge is -2.49. The van der Waals surface area contributed by atoms with Crippen molar-refractivity contribution < 1.29 is 102 Å². The second-order valence-electron chi connectivity index (χ2n) is 19.1. The largest absolute Gasteiger partial charge is 0.479 e. The fraction of sp³-hybridized carbons (Fsp3) is 0.725. The van der Waals surface area contributed by atoms with Crippen LogP contribution in [-0.4, -0.2) is 319 Å². The molecule has 0 spiro atoms. The van der Waals surface area contributed by atoms with Gasteiger partial charge in [0.15, 0.2) is 24.0 Å². The van der Waals surface area contributed by atoms with Crippen molar-refractivity contribution in [2.45, 2.75) is 74.1 Å². The molecule has 0 saturated carbocycles. The predicted molar refractivity (Wildman–Crippen MR) is 299 cm³/mol. The Balaban J connectivity index is 1.57. The van der Waals surface area contributed by atoms with E-state index in [2.05, 4.69) is 37.5 Å². The molecule has 0 unspecified atom stereocenters. The van der Waals surface area contributed by atoms with Crippen LogP contribution in [0.2, 0.25) is 0 Å². The van der Waals surface area contributed by atoms with Crippen LogP contribution in [0.25, 0.3) is 0 Å². The summed E-state index contributed by atoms with van der Waals surface area (Å²) < 4.78 is 56.6. The first kappa shape index (κ1) is 72.5. The van der Waals surface area contributed by atoms with Crippen molar-refractivity contribution in [3.63, 3.8) is 0 Å². The summed E-state index contributed by atoms with van der Waals surface area (Å²) in [5.41, 5.74) is 11.1. The van der Waals surface area contributed by atoms with Gasteiger partial charge in [0.2, 0.25) is 29.2 Å². The maximum atomic E-state index is 13.1. The van der Waals surface area contributed by atoms with Gasteiger partial charge in [-0.05, 0) is 31.7 Å². The van der Waals surface area contributed by atoms with Gasteiger partial charge in [0.1, 0.15) is 50.3 Å². The molecule has 3 rings (SSSR count). The van der Waals surface area contributed by atoms with Crippen molar-refractivity contribution in [2.75, 3.05) is 166 Å². The van der Waals surface area contributed by atoms with Crippen LogP contribution in [0.15, 0.2) is 28.7 Å². The van der Waals surface area contributed by atoms with Crippen molar-refractivity contribution in [1.82, 2.24) is 41.3 Å². The number of nitrogens with two attached hydrogens (primary N) is 2. The molecule has 0 radical (unpaired) electrons. The molecule has 34 heteroatoms. The summed E-state index contributed by atoms with van der Waals surface area (Å²) >= 11 is 0. The number of likely N-dealkylation sites (tertiary alicyclic amines) is 1. The van der Waals surface area contributed by atoms with Crippen molar-refractivity contribution in [3.05, 3.63) is 23.7 Å². The van der Waals surface area contributed by atoms with Crippen LogP contribution in [0.5, 0.6) is 0 Å². The van der Waals surface area contributed by atoms with E-state index in [4.69, 9.17) is 76.1 Å². The maximum absolute atomic E-state index is 13.1. The average molecular weight is 1220 g/mol. The number of ether oxygens (including phenoxy) is 10. The van der Waals surface area contributed by atoms with Crippen molar-refractivity contribution in [1.29, 1.82) is 10.8 Å². The van der Waals surface area contributed by atoms with E-state index in [0.29, 0.717) is 71.8 Å². The van der Waals surface area contributed by atoms with Crippen LogP contribution in [0.3, 0.4) is 0 Å². The molecule has 0 aromatic heterocycles. The van der Waals surface area contributed by atoms with E-state index in [9.17, 15) is 54.6 Å². The SMILES string of the molecule is C#CCOCCOCCOCCOCCN(C)/C(=N/C)N(CCOCCNC(=O)CO[C@@H]([C@@H]1OC(C(=O)O)=C[C@H](NC(=N)N)[C@H]1NC(C)=O)[C@H](O)CO)CCOCCNC(=O)CO[C@@H]([C@@H]1OC(C(=O)O)=C[C@H](NC(=N)N)[C@H]1N1CCC1)[C@H](O)CO. The van der Waals surface area contributed by atoms with E-state index in [1.165, 1.54) is 13.0 Å². The Morgan fingerprint density at radius 1 is 0.718 bits per heavy atom. The number of hydrogen-bond acceptors (Lipinski definition) is 23. The molecule has 0 aromatic carbocycles. The molecule has 3 aliphatic rings. The summed E-state index contributed by atoms with van der Waals surface area (Å²) in [6, 6.07) is -3.88. The van der Waals surface area contributed by atoms with Gasteiger partial charge in [0.05, 0.1) is 110 Å². The second kappa shape index (κ2) is 40.6. The second-order valence-corrected chi connectivity index (χ2v) is 19.1. The quantitative estimate of drug-likeness (QED) is 0.0117. The molecule has 3 heterocycles. The Morgan fingerprint density at radius 2 is 1.16 bits per heavy atom. The average Bonchev–Trinajstić information content (AvgIpc) is 1.44. The zero-order chi connectivity index (χ0) is 62.7. The van der Waals surface area contributed by atoms with Gasteiger partial charge in [-0.3, -0.25) is 35.1 Å². The highest BCUT2D eigenvalue weighted by Crippen LogP contribution is 2.31. The number of aliphatic carboxylic acids is 2. The van der Waals surface area contributed by atoms with Crippen LogP contribution < -0.4 is 38.1 Å². The molecule has 0 bridgehead atoms. The first-order valence-electron chi connectivity index (χ1n) is 27.4. The zero-order valence-electron chi connectivity index (χ0n) is 48.2. The predicted octanol–water partition coefficient (Wildman–Crippen LogP) is -7.34. The first-order valence-corrected chi connectivity index (χ1v) is 27.4. The van der Waals surface area contributed by atoms with Crippen LogP contribution in [0.4, 0.5) is 0 Å². The van der Waals surface area contributed by atoms with Crippen LogP contribution >= 0.6 is 0 Å². The number of nitrogens with zero attached hydrogens (tertiary/aromatic N) is 4. The number of carbonyl (C=O) groups excluding carboxylic acids is 3. The Morgan fingerprint density at radius 3 is 1.61 bits per heavy atom.